The molecule has 0 bridgehead atoms. The minimum atomic E-state index is 0.448. The normalized spacial score (nSPS) is 12.9. The van der Waals surface area contributed by atoms with E-state index < -0.39 is 0 Å². The molecule has 0 saturated carbocycles. The van der Waals surface area contributed by atoms with Crippen molar-refractivity contribution in [3.63, 3.8) is 0 Å². The molecule has 0 atom stereocenters. The molecular weight excluding hydrogens is 210 g/mol. The quantitative estimate of drug-likeness (QED) is 0.395. The Morgan fingerprint density at radius 1 is 1.41 bits per heavy atom. The van der Waals surface area contributed by atoms with Crippen LogP contribution in [0.5, 0.6) is 0 Å². The van der Waals surface area contributed by atoms with E-state index in [0.717, 1.165) is 29.6 Å². The van der Waals surface area contributed by atoms with Gasteiger partial charge in [0.15, 0.2) is 0 Å². The van der Waals surface area contributed by atoms with Crippen LogP contribution in [0, 0.1) is 0 Å². The fraction of sp³-hybridized carbons (Fsp3) is 0.333. The maximum Gasteiger partial charge on any atom is 0.0902 e. The van der Waals surface area contributed by atoms with E-state index in [-0.39, 0.29) is 0 Å². The molecule has 0 spiro atoms. The first-order valence-corrected chi connectivity index (χ1v) is 5.75. The highest BCUT2D eigenvalue weighted by Crippen LogP contribution is 2.22. The van der Waals surface area contributed by atoms with Crippen LogP contribution >= 0.6 is 0 Å². The first-order valence-electron chi connectivity index (χ1n) is 5.75. The van der Waals surface area contributed by atoms with Gasteiger partial charge in [-0.1, -0.05) is 37.5 Å². The van der Waals surface area contributed by atoms with Gasteiger partial charge in [0.2, 0.25) is 0 Å². The molecule has 0 aromatic carbocycles. The topological polar surface area (TPSA) is 35.2 Å². The van der Waals surface area contributed by atoms with Crippen molar-refractivity contribution in [2.24, 2.45) is 5.73 Å². The van der Waals surface area contributed by atoms with E-state index in [1.54, 1.807) is 19.4 Å². The highest BCUT2D eigenvalue weighted by Gasteiger charge is 2.07. The Kier molecular flexibility index (Phi) is 8.79. The molecule has 0 rings (SSSR count). The summed E-state index contributed by atoms with van der Waals surface area (Å²) in [6.07, 6.45) is 11.3. The zero-order valence-electron chi connectivity index (χ0n) is 10.9. The Bertz CT molecular complexity index is 335. The third kappa shape index (κ3) is 5.93. The van der Waals surface area contributed by atoms with Gasteiger partial charge in [0, 0.05) is 12.1 Å². The molecular formula is C15H23NO. The average Bonchev–Trinajstić information content (AvgIpc) is 2.33. The molecule has 2 heteroatoms. The summed E-state index contributed by atoms with van der Waals surface area (Å²) in [4.78, 5) is 0. The van der Waals surface area contributed by atoms with Crippen LogP contribution < -0.4 is 5.73 Å². The van der Waals surface area contributed by atoms with E-state index in [2.05, 4.69) is 19.2 Å². The van der Waals surface area contributed by atoms with Gasteiger partial charge in [-0.3, -0.25) is 0 Å². The van der Waals surface area contributed by atoms with Crippen LogP contribution in [0.15, 0.2) is 60.4 Å². The van der Waals surface area contributed by atoms with Gasteiger partial charge in [0.05, 0.1) is 13.4 Å². The largest absolute Gasteiger partial charge is 0.504 e. The van der Waals surface area contributed by atoms with Crippen LogP contribution in [-0.2, 0) is 4.74 Å². The van der Waals surface area contributed by atoms with Crippen molar-refractivity contribution < 1.29 is 4.74 Å². The Hall–Kier alpha value is -1.54. The summed E-state index contributed by atoms with van der Waals surface area (Å²) < 4.78 is 5.09. The van der Waals surface area contributed by atoms with Crippen molar-refractivity contribution >= 4 is 0 Å². The first-order chi connectivity index (χ1) is 8.21. The molecule has 0 aromatic heterocycles. The Balaban J connectivity index is 4.84. The van der Waals surface area contributed by atoms with Crippen molar-refractivity contribution in [1.29, 1.82) is 0 Å². The first kappa shape index (κ1) is 15.5. The second-order valence-electron chi connectivity index (χ2n) is 3.61. The number of methoxy groups -OCH3 is 1. The van der Waals surface area contributed by atoms with Crippen LogP contribution in [0.2, 0.25) is 0 Å². The van der Waals surface area contributed by atoms with Crippen molar-refractivity contribution in [2.45, 2.75) is 19.8 Å². The third-order valence-electron chi connectivity index (χ3n) is 2.35. The Morgan fingerprint density at radius 3 is 2.59 bits per heavy atom. The molecule has 0 fully saturated rings. The smallest absolute Gasteiger partial charge is 0.0902 e. The highest BCUT2D eigenvalue weighted by molar-refractivity contribution is 5.46. The number of ether oxygens (including phenoxy) is 1. The van der Waals surface area contributed by atoms with Gasteiger partial charge in [-0.25, -0.2) is 0 Å². The zero-order chi connectivity index (χ0) is 13.1. The second kappa shape index (κ2) is 9.67. The van der Waals surface area contributed by atoms with E-state index in [1.807, 2.05) is 19.1 Å². The van der Waals surface area contributed by atoms with Gasteiger partial charge < -0.3 is 10.5 Å². The molecule has 17 heavy (non-hydrogen) atoms. The SMILES string of the molecule is C=C/C=C(CN)/C(=C/OC)C(=C)CC/C=C\C. The fourth-order valence-electron chi connectivity index (χ4n) is 1.47. The molecule has 2 N–H and O–H groups in total. The lowest BCUT2D eigenvalue weighted by molar-refractivity contribution is 0.335. The molecule has 0 radical (unpaired) electrons. The molecule has 94 valence electrons. The van der Waals surface area contributed by atoms with E-state index in [1.165, 1.54) is 0 Å². The lowest BCUT2D eigenvalue weighted by atomic mass is 9.96. The summed E-state index contributed by atoms with van der Waals surface area (Å²) in [6, 6.07) is 0. The van der Waals surface area contributed by atoms with E-state index in [4.69, 9.17) is 10.5 Å². The number of rotatable bonds is 8. The van der Waals surface area contributed by atoms with E-state index in [0.29, 0.717) is 6.54 Å². The third-order valence-corrected chi connectivity index (χ3v) is 2.35. The van der Waals surface area contributed by atoms with Crippen molar-refractivity contribution in [1.82, 2.24) is 0 Å². The van der Waals surface area contributed by atoms with Gasteiger partial charge in [-0.2, -0.15) is 0 Å². The summed E-state index contributed by atoms with van der Waals surface area (Å²) in [5, 5.41) is 0. The lowest BCUT2D eigenvalue weighted by Gasteiger charge is -2.12. The number of hydrogen-bond acceptors (Lipinski definition) is 2. The minimum absolute atomic E-state index is 0.448. The Morgan fingerprint density at radius 2 is 2.12 bits per heavy atom. The van der Waals surface area contributed by atoms with Crippen LogP contribution in [0.1, 0.15) is 19.8 Å². The Labute approximate surface area is 105 Å². The van der Waals surface area contributed by atoms with Gasteiger partial charge in [0.25, 0.3) is 0 Å². The zero-order valence-corrected chi connectivity index (χ0v) is 10.9. The molecule has 0 aromatic rings. The minimum Gasteiger partial charge on any atom is -0.504 e. The highest BCUT2D eigenvalue weighted by atomic mass is 16.5. The fourth-order valence-corrected chi connectivity index (χ4v) is 1.47. The second-order valence-corrected chi connectivity index (χ2v) is 3.61. The van der Waals surface area contributed by atoms with Crippen molar-refractivity contribution in [3.05, 3.63) is 60.4 Å². The molecule has 0 unspecified atom stereocenters. The van der Waals surface area contributed by atoms with Crippen LogP contribution in [0.25, 0.3) is 0 Å². The van der Waals surface area contributed by atoms with E-state index in [9.17, 15) is 0 Å². The molecule has 0 saturated heterocycles. The summed E-state index contributed by atoms with van der Waals surface area (Å²) in [7, 11) is 1.63. The van der Waals surface area contributed by atoms with Crippen LogP contribution in [0.4, 0.5) is 0 Å². The molecule has 0 aliphatic rings. The van der Waals surface area contributed by atoms with Gasteiger partial charge >= 0.3 is 0 Å². The van der Waals surface area contributed by atoms with Crippen LogP contribution in [-0.4, -0.2) is 13.7 Å². The molecule has 0 aliphatic heterocycles. The summed E-state index contributed by atoms with van der Waals surface area (Å²) in [6.45, 7) is 10.2. The molecule has 0 amide bonds. The number of nitrogens with two attached hydrogens (primary N) is 1. The number of allylic oxidation sites excluding steroid dienone is 5. The average molecular weight is 233 g/mol. The summed E-state index contributed by atoms with van der Waals surface area (Å²) >= 11 is 0. The van der Waals surface area contributed by atoms with Crippen LogP contribution in [0.3, 0.4) is 0 Å². The standard InChI is InChI=1S/C15H23NO/c1-5-7-8-10-13(3)15(12-17-4)14(11-16)9-6-2/h5-7,9,12H,2-3,8,10-11,16H2,1,4H3/b7-5-,14-9+,15-12+. The summed E-state index contributed by atoms with van der Waals surface area (Å²) in [5.41, 5.74) is 8.71. The van der Waals surface area contributed by atoms with Gasteiger partial charge in [-0.15, -0.1) is 0 Å². The molecule has 0 heterocycles. The van der Waals surface area contributed by atoms with Gasteiger partial charge in [-0.05, 0) is 30.9 Å². The number of hydrogen-bond donors (Lipinski definition) is 1. The van der Waals surface area contributed by atoms with Gasteiger partial charge in [0.1, 0.15) is 0 Å². The van der Waals surface area contributed by atoms with E-state index >= 15 is 0 Å². The predicted octanol–water partition coefficient (Wildman–Crippen LogP) is 3.50. The van der Waals surface area contributed by atoms with Crippen molar-refractivity contribution in [3.8, 4) is 0 Å². The van der Waals surface area contributed by atoms with Crippen molar-refractivity contribution in [2.75, 3.05) is 13.7 Å². The monoisotopic (exact) mass is 233 g/mol. The predicted molar refractivity (Wildman–Crippen MR) is 75.6 cm³/mol. The molecule has 2 nitrogen and oxygen atoms in total. The maximum atomic E-state index is 5.72. The molecule has 0 aliphatic carbocycles. The maximum absolute atomic E-state index is 5.72. The summed E-state index contributed by atoms with van der Waals surface area (Å²) in [5.74, 6) is 0. The lowest BCUT2D eigenvalue weighted by Crippen LogP contribution is -2.07.